The Balaban J connectivity index is 2.18. The number of terminal acetylenes is 1. The van der Waals surface area contributed by atoms with Gasteiger partial charge in [-0.2, -0.15) is 0 Å². The first kappa shape index (κ1) is 15.7. The highest BCUT2D eigenvalue weighted by Crippen LogP contribution is 2.27. The van der Waals surface area contributed by atoms with Crippen LogP contribution in [0.1, 0.15) is 22.3 Å². The second-order valence-corrected chi connectivity index (χ2v) is 5.30. The molecule has 3 aromatic rings. The van der Waals surface area contributed by atoms with Gasteiger partial charge in [0.15, 0.2) is 0 Å². The monoisotopic (exact) mass is 316 g/mol. The van der Waals surface area contributed by atoms with Crippen LogP contribution in [0.3, 0.4) is 0 Å². The molecule has 0 aliphatic heterocycles. The predicted molar refractivity (Wildman–Crippen MR) is 94.2 cm³/mol. The van der Waals surface area contributed by atoms with Crippen molar-refractivity contribution in [3.63, 3.8) is 0 Å². The van der Waals surface area contributed by atoms with Gasteiger partial charge in [-0.1, -0.05) is 48.4 Å². The third-order valence-electron chi connectivity index (χ3n) is 3.73. The van der Waals surface area contributed by atoms with Gasteiger partial charge < -0.3 is 0 Å². The second-order valence-electron chi connectivity index (χ2n) is 5.30. The van der Waals surface area contributed by atoms with Crippen LogP contribution in [0.25, 0.3) is 11.6 Å². The van der Waals surface area contributed by atoms with E-state index in [1.54, 1.807) is 24.3 Å². The summed E-state index contributed by atoms with van der Waals surface area (Å²) in [4.78, 5) is 0. The van der Waals surface area contributed by atoms with Crippen molar-refractivity contribution in [2.45, 2.75) is 0 Å². The zero-order valence-electron chi connectivity index (χ0n) is 12.8. The molecular formula is C22H14F2. The van der Waals surface area contributed by atoms with Crippen LogP contribution < -0.4 is 0 Å². The average molecular weight is 316 g/mol. The molecule has 0 nitrogen and oxygen atoms in total. The lowest BCUT2D eigenvalue weighted by Gasteiger charge is -2.10. The Morgan fingerprint density at radius 3 is 1.75 bits per heavy atom. The summed E-state index contributed by atoms with van der Waals surface area (Å²) in [7, 11) is 0. The number of hydrogen-bond donors (Lipinski definition) is 0. The van der Waals surface area contributed by atoms with Gasteiger partial charge in [-0.15, -0.1) is 6.42 Å². The quantitative estimate of drug-likeness (QED) is 0.440. The topological polar surface area (TPSA) is 0 Å². The van der Waals surface area contributed by atoms with Crippen molar-refractivity contribution >= 4 is 11.6 Å². The van der Waals surface area contributed by atoms with Crippen LogP contribution in [0.2, 0.25) is 0 Å². The first-order chi connectivity index (χ1) is 11.7. The van der Waals surface area contributed by atoms with Gasteiger partial charge in [0.05, 0.1) is 0 Å². The van der Waals surface area contributed by atoms with Crippen LogP contribution in [0.5, 0.6) is 0 Å². The van der Waals surface area contributed by atoms with Crippen molar-refractivity contribution in [2.24, 2.45) is 0 Å². The van der Waals surface area contributed by atoms with E-state index < -0.39 is 0 Å². The summed E-state index contributed by atoms with van der Waals surface area (Å²) in [6.45, 7) is 0. The van der Waals surface area contributed by atoms with Gasteiger partial charge in [0.25, 0.3) is 0 Å². The molecular weight excluding hydrogens is 302 g/mol. The van der Waals surface area contributed by atoms with E-state index in [4.69, 9.17) is 6.42 Å². The van der Waals surface area contributed by atoms with E-state index in [0.29, 0.717) is 0 Å². The Morgan fingerprint density at radius 1 is 0.750 bits per heavy atom. The van der Waals surface area contributed by atoms with Crippen molar-refractivity contribution in [3.8, 4) is 12.3 Å². The Bertz CT molecular complexity index is 864. The molecule has 0 aliphatic rings. The van der Waals surface area contributed by atoms with Gasteiger partial charge in [0.1, 0.15) is 11.6 Å². The molecule has 0 unspecified atom stereocenters. The molecule has 24 heavy (non-hydrogen) atoms. The fourth-order valence-corrected chi connectivity index (χ4v) is 2.50. The highest BCUT2D eigenvalue weighted by atomic mass is 19.1. The first-order valence-corrected chi connectivity index (χ1v) is 7.46. The first-order valence-electron chi connectivity index (χ1n) is 7.46. The van der Waals surface area contributed by atoms with E-state index in [-0.39, 0.29) is 11.6 Å². The number of halogens is 2. The molecule has 0 bridgehead atoms. The molecule has 0 saturated carbocycles. The molecule has 0 aliphatic carbocycles. The standard InChI is InChI=1S/C22H14F2/c1-2-16-5-3-4-6-19(16)15-22(17-7-11-20(23)12-8-17)18-9-13-21(24)14-10-18/h1,3-15H. The largest absolute Gasteiger partial charge is 0.207 e. The molecule has 0 spiro atoms. The van der Waals surface area contributed by atoms with Gasteiger partial charge in [0.2, 0.25) is 0 Å². The normalized spacial score (nSPS) is 10.0. The van der Waals surface area contributed by atoms with Crippen LogP contribution in [0, 0.1) is 24.0 Å². The summed E-state index contributed by atoms with van der Waals surface area (Å²) < 4.78 is 26.5. The minimum absolute atomic E-state index is 0.304. The molecule has 0 heterocycles. The lowest BCUT2D eigenvalue weighted by atomic mass is 9.94. The molecule has 0 amide bonds. The summed E-state index contributed by atoms with van der Waals surface area (Å²) in [5.41, 5.74) is 4.14. The summed E-state index contributed by atoms with van der Waals surface area (Å²) in [5.74, 6) is 2.05. The summed E-state index contributed by atoms with van der Waals surface area (Å²) in [5, 5.41) is 0. The second kappa shape index (κ2) is 6.93. The molecule has 0 aromatic heterocycles. The zero-order valence-corrected chi connectivity index (χ0v) is 12.8. The van der Waals surface area contributed by atoms with Crippen LogP contribution in [0.4, 0.5) is 8.78 Å². The fourth-order valence-electron chi connectivity index (χ4n) is 2.50. The van der Waals surface area contributed by atoms with E-state index in [2.05, 4.69) is 5.92 Å². The lowest BCUT2D eigenvalue weighted by molar-refractivity contribution is 0.627. The smallest absolute Gasteiger partial charge is 0.123 e. The maximum atomic E-state index is 13.3. The van der Waals surface area contributed by atoms with Crippen LogP contribution in [-0.4, -0.2) is 0 Å². The maximum absolute atomic E-state index is 13.3. The van der Waals surface area contributed by atoms with E-state index in [0.717, 1.165) is 27.8 Å². The summed E-state index contributed by atoms with van der Waals surface area (Å²) in [6.07, 6.45) is 7.51. The third-order valence-corrected chi connectivity index (χ3v) is 3.73. The molecule has 0 N–H and O–H groups in total. The Hall–Kier alpha value is -3.18. The summed E-state index contributed by atoms with van der Waals surface area (Å²) >= 11 is 0. The van der Waals surface area contributed by atoms with Gasteiger partial charge in [-0.25, -0.2) is 8.78 Å². The molecule has 0 radical (unpaired) electrons. The van der Waals surface area contributed by atoms with Crippen LogP contribution in [-0.2, 0) is 0 Å². The van der Waals surface area contributed by atoms with Crippen LogP contribution in [0.15, 0.2) is 72.8 Å². The van der Waals surface area contributed by atoms with E-state index >= 15 is 0 Å². The molecule has 0 fully saturated rings. The molecule has 3 aromatic carbocycles. The van der Waals surface area contributed by atoms with E-state index in [1.165, 1.54) is 24.3 Å². The molecule has 116 valence electrons. The molecule has 3 rings (SSSR count). The van der Waals surface area contributed by atoms with Gasteiger partial charge in [-0.3, -0.25) is 0 Å². The van der Waals surface area contributed by atoms with Crippen LogP contribution >= 0.6 is 0 Å². The van der Waals surface area contributed by atoms with Gasteiger partial charge in [-0.05, 0) is 58.7 Å². The Morgan fingerprint density at radius 2 is 1.25 bits per heavy atom. The average Bonchev–Trinajstić information content (AvgIpc) is 2.62. The molecule has 0 atom stereocenters. The van der Waals surface area contributed by atoms with Crippen molar-refractivity contribution in [1.29, 1.82) is 0 Å². The molecule has 0 saturated heterocycles. The predicted octanol–water partition coefficient (Wildman–Crippen LogP) is 5.54. The van der Waals surface area contributed by atoms with E-state index in [9.17, 15) is 8.78 Å². The number of rotatable bonds is 3. The highest BCUT2D eigenvalue weighted by molar-refractivity contribution is 5.92. The Kier molecular flexibility index (Phi) is 4.54. The van der Waals surface area contributed by atoms with Gasteiger partial charge in [0, 0.05) is 5.56 Å². The van der Waals surface area contributed by atoms with Gasteiger partial charge >= 0.3 is 0 Å². The zero-order chi connectivity index (χ0) is 16.9. The highest BCUT2D eigenvalue weighted by Gasteiger charge is 2.08. The maximum Gasteiger partial charge on any atom is 0.123 e. The molecule has 2 heteroatoms. The van der Waals surface area contributed by atoms with Crippen molar-refractivity contribution < 1.29 is 8.78 Å². The Labute approximate surface area is 140 Å². The van der Waals surface area contributed by atoms with Crippen molar-refractivity contribution in [3.05, 3.63) is 107 Å². The van der Waals surface area contributed by atoms with E-state index in [1.807, 2.05) is 30.3 Å². The number of hydrogen-bond acceptors (Lipinski definition) is 0. The van der Waals surface area contributed by atoms with Crippen molar-refractivity contribution in [1.82, 2.24) is 0 Å². The SMILES string of the molecule is C#Cc1ccccc1C=C(c1ccc(F)cc1)c1ccc(F)cc1. The third kappa shape index (κ3) is 3.42. The lowest BCUT2D eigenvalue weighted by Crippen LogP contribution is -1.91. The fraction of sp³-hybridized carbons (Fsp3) is 0. The minimum atomic E-state index is -0.304. The number of benzene rings is 3. The van der Waals surface area contributed by atoms with Crippen molar-refractivity contribution in [2.75, 3.05) is 0 Å². The summed E-state index contributed by atoms with van der Waals surface area (Å²) in [6, 6.07) is 20.0. The minimum Gasteiger partial charge on any atom is -0.207 e.